The fraction of sp³-hybridized carbons (Fsp3) is 0.438. The molecule has 0 bridgehead atoms. The summed E-state index contributed by atoms with van der Waals surface area (Å²) >= 11 is 0. The number of imidazole rings is 1. The molecule has 2 aromatic heterocycles. The van der Waals surface area contributed by atoms with E-state index in [1.807, 2.05) is 0 Å². The number of hydrogen-bond donors (Lipinski definition) is 3. The van der Waals surface area contributed by atoms with Crippen molar-refractivity contribution in [2.75, 3.05) is 13.1 Å². The zero-order valence-electron chi connectivity index (χ0n) is 14.5. The average Bonchev–Trinajstić information content (AvgIpc) is 3.29. The molecule has 0 aromatic carbocycles. The van der Waals surface area contributed by atoms with Crippen molar-refractivity contribution in [1.29, 1.82) is 0 Å². The van der Waals surface area contributed by atoms with Crippen LogP contribution >= 0.6 is 0 Å². The highest BCUT2D eigenvalue weighted by molar-refractivity contribution is 6.08. The molecule has 136 valence electrons. The molecule has 1 saturated heterocycles. The standard InChI is InChI=1S/C16H19N7O3/c1-16(2)14(25)23(15(26)21-16)8-12(24)22-4-3-10-11(7-22)20-13(19-10)9-5-17-18-6-9/h5-6H,3-4,7-8H2,1-2H3,(H,17,18)(H,19,20)(H,21,26). The highest BCUT2D eigenvalue weighted by Crippen LogP contribution is 2.23. The minimum absolute atomic E-state index is 0.258. The average molecular weight is 357 g/mol. The summed E-state index contributed by atoms with van der Waals surface area (Å²) in [4.78, 5) is 47.2. The minimum atomic E-state index is -0.977. The largest absolute Gasteiger partial charge is 0.340 e. The maximum absolute atomic E-state index is 12.6. The molecule has 2 aliphatic heterocycles. The Balaban J connectivity index is 1.46. The maximum atomic E-state index is 12.6. The van der Waals surface area contributed by atoms with Crippen molar-refractivity contribution in [3.63, 3.8) is 0 Å². The van der Waals surface area contributed by atoms with Crippen LogP contribution in [0.25, 0.3) is 11.4 Å². The molecule has 3 N–H and O–H groups in total. The van der Waals surface area contributed by atoms with Gasteiger partial charge in [0.05, 0.1) is 29.7 Å². The van der Waals surface area contributed by atoms with E-state index in [-0.39, 0.29) is 12.5 Å². The number of imide groups is 1. The van der Waals surface area contributed by atoms with Gasteiger partial charge in [-0.1, -0.05) is 0 Å². The second-order valence-electron chi connectivity index (χ2n) is 7.01. The van der Waals surface area contributed by atoms with Crippen molar-refractivity contribution in [2.45, 2.75) is 32.4 Å². The first-order valence-corrected chi connectivity index (χ1v) is 8.34. The molecule has 0 saturated carbocycles. The summed E-state index contributed by atoms with van der Waals surface area (Å²) in [5.74, 6) is 0.0440. The third-order valence-electron chi connectivity index (χ3n) is 4.69. The Hall–Kier alpha value is -3.17. The van der Waals surface area contributed by atoms with Crippen molar-refractivity contribution in [3.8, 4) is 11.4 Å². The van der Waals surface area contributed by atoms with Crippen molar-refractivity contribution < 1.29 is 14.4 Å². The van der Waals surface area contributed by atoms with Gasteiger partial charge in [-0.15, -0.1) is 0 Å². The second kappa shape index (κ2) is 5.68. The first-order chi connectivity index (χ1) is 12.3. The summed E-state index contributed by atoms with van der Waals surface area (Å²) in [6.07, 6.45) is 4.03. The predicted octanol–water partition coefficient (Wildman–Crippen LogP) is 0.0149. The number of urea groups is 1. The molecular weight excluding hydrogens is 338 g/mol. The molecule has 26 heavy (non-hydrogen) atoms. The molecule has 10 heteroatoms. The SMILES string of the molecule is CC1(C)NC(=O)N(CC(=O)N2CCc3nc(-c4cn[nH]c4)[nH]c3C2)C1=O. The van der Waals surface area contributed by atoms with Gasteiger partial charge in [-0.2, -0.15) is 5.10 Å². The molecule has 0 spiro atoms. The van der Waals surface area contributed by atoms with Crippen molar-refractivity contribution in [3.05, 3.63) is 23.8 Å². The van der Waals surface area contributed by atoms with Crippen LogP contribution in [0.5, 0.6) is 0 Å². The molecule has 0 unspecified atom stereocenters. The number of aromatic amines is 2. The Bertz CT molecular complexity index is 884. The van der Waals surface area contributed by atoms with Gasteiger partial charge in [-0.05, 0) is 13.8 Å². The number of amides is 4. The summed E-state index contributed by atoms with van der Waals surface area (Å²) in [6, 6.07) is -0.533. The molecule has 4 heterocycles. The Kier molecular flexibility index (Phi) is 3.56. The number of carbonyl (C=O) groups excluding carboxylic acids is 3. The first-order valence-electron chi connectivity index (χ1n) is 8.34. The third-order valence-corrected chi connectivity index (χ3v) is 4.69. The van der Waals surface area contributed by atoms with E-state index >= 15 is 0 Å². The zero-order chi connectivity index (χ0) is 18.5. The number of H-pyrrole nitrogens is 2. The monoisotopic (exact) mass is 357 g/mol. The minimum Gasteiger partial charge on any atom is -0.340 e. The quantitative estimate of drug-likeness (QED) is 0.667. The normalized spacial score (nSPS) is 18.8. The van der Waals surface area contributed by atoms with Gasteiger partial charge in [-0.25, -0.2) is 9.78 Å². The number of hydrogen-bond acceptors (Lipinski definition) is 5. The maximum Gasteiger partial charge on any atom is 0.325 e. The highest BCUT2D eigenvalue weighted by atomic mass is 16.2. The molecule has 0 atom stereocenters. The Morgan fingerprint density at radius 3 is 2.81 bits per heavy atom. The summed E-state index contributed by atoms with van der Waals surface area (Å²) in [5, 5.41) is 9.22. The van der Waals surface area contributed by atoms with Crippen LogP contribution in [0.4, 0.5) is 4.79 Å². The van der Waals surface area contributed by atoms with E-state index in [0.29, 0.717) is 25.3 Å². The van der Waals surface area contributed by atoms with Crippen LogP contribution in [0.2, 0.25) is 0 Å². The molecule has 4 rings (SSSR count). The molecule has 2 aromatic rings. The van der Waals surface area contributed by atoms with Crippen LogP contribution in [-0.2, 0) is 22.6 Å². The van der Waals surface area contributed by atoms with Crippen molar-refractivity contribution in [2.24, 2.45) is 0 Å². The van der Waals surface area contributed by atoms with E-state index in [1.165, 1.54) is 0 Å². The lowest BCUT2D eigenvalue weighted by molar-refractivity contribution is -0.139. The van der Waals surface area contributed by atoms with Crippen LogP contribution in [0.1, 0.15) is 25.2 Å². The topological polar surface area (TPSA) is 127 Å². The molecular formula is C16H19N7O3. The fourth-order valence-electron chi connectivity index (χ4n) is 3.22. The van der Waals surface area contributed by atoms with E-state index < -0.39 is 17.5 Å². The summed E-state index contributed by atoms with van der Waals surface area (Å²) < 4.78 is 0. The lowest BCUT2D eigenvalue weighted by atomic mass is 10.1. The molecule has 10 nitrogen and oxygen atoms in total. The number of rotatable bonds is 3. The Labute approximate surface area is 149 Å². The second-order valence-corrected chi connectivity index (χ2v) is 7.01. The van der Waals surface area contributed by atoms with Crippen molar-refractivity contribution >= 4 is 17.8 Å². The van der Waals surface area contributed by atoms with Gasteiger partial charge in [0.2, 0.25) is 5.91 Å². The van der Waals surface area contributed by atoms with Crippen LogP contribution in [-0.4, -0.2) is 66.4 Å². The fourth-order valence-corrected chi connectivity index (χ4v) is 3.22. The van der Waals surface area contributed by atoms with Gasteiger partial charge in [0.1, 0.15) is 17.9 Å². The summed E-state index contributed by atoms with van der Waals surface area (Å²) in [6.45, 7) is 3.84. The van der Waals surface area contributed by atoms with Crippen LogP contribution in [0, 0.1) is 0 Å². The van der Waals surface area contributed by atoms with E-state index in [2.05, 4.69) is 25.5 Å². The van der Waals surface area contributed by atoms with Crippen molar-refractivity contribution in [1.82, 2.24) is 35.3 Å². The third kappa shape index (κ3) is 2.63. The van der Waals surface area contributed by atoms with E-state index in [4.69, 9.17) is 0 Å². The van der Waals surface area contributed by atoms with Crippen LogP contribution < -0.4 is 5.32 Å². The highest BCUT2D eigenvalue weighted by Gasteiger charge is 2.45. The van der Waals surface area contributed by atoms with Gasteiger partial charge in [0.15, 0.2) is 0 Å². The molecule has 4 amide bonds. The molecule has 1 fully saturated rings. The molecule has 2 aliphatic rings. The predicted molar refractivity (Wildman–Crippen MR) is 89.6 cm³/mol. The smallest absolute Gasteiger partial charge is 0.325 e. The van der Waals surface area contributed by atoms with Crippen LogP contribution in [0.3, 0.4) is 0 Å². The lowest BCUT2D eigenvalue weighted by Gasteiger charge is -2.27. The van der Waals surface area contributed by atoms with E-state index in [0.717, 1.165) is 21.9 Å². The van der Waals surface area contributed by atoms with E-state index in [1.54, 1.807) is 31.1 Å². The van der Waals surface area contributed by atoms with Crippen LogP contribution in [0.15, 0.2) is 12.4 Å². The summed E-state index contributed by atoms with van der Waals surface area (Å²) in [7, 11) is 0. The Morgan fingerprint density at radius 2 is 2.15 bits per heavy atom. The number of nitrogens with zero attached hydrogens (tertiary/aromatic N) is 4. The zero-order valence-corrected chi connectivity index (χ0v) is 14.5. The molecule has 0 radical (unpaired) electrons. The van der Waals surface area contributed by atoms with Gasteiger partial charge in [0, 0.05) is 19.2 Å². The number of fused-ring (bicyclic) bond motifs is 1. The Morgan fingerprint density at radius 1 is 1.35 bits per heavy atom. The van der Waals surface area contributed by atoms with E-state index in [9.17, 15) is 14.4 Å². The van der Waals surface area contributed by atoms with Gasteiger partial charge in [-0.3, -0.25) is 19.6 Å². The lowest BCUT2D eigenvalue weighted by Crippen LogP contribution is -2.45. The van der Waals surface area contributed by atoms with Gasteiger partial charge in [0.25, 0.3) is 5.91 Å². The molecule has 0 aliphatic carbocycles. The number of nitrogens with one attached hydrogen (secondary N) is 3. The van der Waals surface area contributed by atoms with Gasteiger partial charge >= 0.3 is 6.03 Å². The number of aromatic nitrogens is 4. The first kappa shape index (κ1) is 16.3. The summed E-state index contributed by atoms with van der Waals surface area (Å²) in [5.41, 5.74) is 1.65. The van der Waals surface area contributed by atoms with Gasteiger partial charge < -0.3 is 15.2 Å². The number of carbonyl (C=O) groups is 3.